The number of esters is 1. The molecule has 0 aromatic heterocycles. The first kappa shape index (κ1) is 17.7. The normalized spacial score (nSPS) is 19.6. The van der Waals surface area contributed by atoms with Gasteiger partial charge in [0.1, 0.15) is 12.5 Å². The van der Waals surface area contributed by atoms with Gasteiger partial charge in [-0.3, -0.25) is 9.59 Å². The maximum absolute atomic E-state index is 12.9. The summed E-state index contributed by atoms with van der Waals surface area (Å²) in [7, 11) is 0. The lowest BCUT2D eigenvalue weighted by molar-refractivity contribution is -0.162. The van der Waals surface area contributed by atoms with Crippen LogP contribution in [0, 0.1) is 5.41 Å². The molecule has 25 heavy (non-hydrogen) atoms. The molecule has 0 spiro atoms. The SMILES string of the molecule is CCc1cc(-c2ccccc2)cc(Cl)c1C1C(=O)OCC(C)(C)C1=O. The Balaban J connectivity index is 2.13. The van der Waals surface area contributed by atoms with Crippen molar-refractivity contribution < 1.29 is 14.3 Å². The minimum Gasteiger partial charge on any atom is -0.464 e. The Morgan fingerprint density at radius 3 is 2.44 bits per heavy atom. The van der Waals surface area contributed by atoms with Crippen LogP contribution in [0.2, 0.25) is 5.02 Å². The molecule has 0 bridgehead atoms. The van der Waals surface area contributed by atoms with E-state index in [2.05, 4.69) is 0 Å². The number of Topliss-reactive ketones (excluding diaryl/α,β-unsaturated/α-hetero) is 1. The summed E-state index contributed by atoms with van der Waals surface area (Å²) in [6.45, 7) is 5.70. The topological polar surface area (TPSA) is 43.4 Å². The average molecular weight is 357 g/mol. The van der Waals surface area contributed by atoms with Gasteiger partial charge in [0, 0.05) is 5.02 Å². The number of ether oxygens (including phenoxy) is 1. The molecule has 1 aliphatic rings. The number of carbonyl (C=O) groups excluding carboxylic acids is 2. The van der Waals surface area contributed by atoms with Crippen LogP contribution in [0.5, 0.6) is 0 Å². The quantitative estimate of drug-likeness (QED) is 0.585. The summed E-state index contributed by atoms with van der Waals surface area (Å²) in [5.41, 5.74) is 2.81. The zero-order valence-electron chi connectivity index (χ0n) is 14.6. The van der Waals surface area contributed by atoms with Crippen molar-refractivity contribution in [1.29, 1.82) is 0 Å². The molecule has 0 radical (unpaired) electrons. The Bertz CT molecular complexity index is 825. The van der Waals surface area contributed by atoms with Gasteiger partial charge in [-0.1, -0.05) is 54.9 Å². The Morgan fingerprint density at radius 1 is 1.12 bits per heavy atom. The molecule has 2 aromatic rings. The molecule has 0 saturated carbocycles. The Kier molecular flexibility index (Phi) is 4.70. The van der Waals surface area contributed by atoms with Gasteiger partial charge >= 0.3 is 5.97 Å². The minimum atomic E-state index is -0.948. The van der Waals surface area contributed by atoms with Crippen molar-refractivity contribution in [2.45, 2.75) is 33.1 Å². The van der Waals surface area contributed by atoms with Crippen LogP contribution < -0.4 is 0 Å². The number of cyclic esters (lactones) is 1. The van der Waals surface area contributed by atoms with E-state index in [1.165, 1.54) is 0 Å². The van der Waals surface area contributed by atoms with E-state index in [0.717, 1.165) is 16.7 Å². The molecule has 3 rings (SSSR count). The molecule has 1 fully saturated rings. The average Bonchev–Trinajstić information content (AvgIpc) is 2.60. The first-order valence-corrected chi connectivity index (χ1v) is 8.81. The molecule has 2 aromatic carbocycles. The van der Waals surface area contributed by atoms with E-state index in [0.29, 0.717) is 17.0 Å². The number of carbonyl (C=O) groups is 2. The van der Waals surface area contributed by atoms with Crippen molar-refractivity contribution in [3.63, 3.8) is 0 Å². The van der Waals surface area contributed by atoms with Crippen molar-refractivity contribution in [1.82, 2.24) is 0 Å². The summed E-state index contributed by atoms with van der Waals surface area (Å²) in [6.07, 6.45) is 0.674. The molecule has 1 atom stereocenters. The van der Waals surface area contributed by atoms with Crippen LogP contribution in [-0.4, -0.2) is 18.4 Å². The van der Waals surface area contributed by atoms with Gasteiger partial charge in [0.2, 0.25) is 0 Å². The van der Waals surface area contributed by atoms with Gasteiger partial charge in [0.15, 0.2) is 5.78 Å². The number of aryl methyl sites for hydroxylation is 1. The van der Waals surface area contributed by atoms with Gasteiger partial charge in [0.25, 0.3) is 0 Å². The molecular weight excluding hydrogens is 336 g/mol. The molecule has 4 heteroatoms. The first-order chi connectivity index (χ1) is 11.8. The third-order valence-corrected chi connectivity index (χ3v) is 5.04. The van der Waals surface area contributed by atoms with Crippen LogP contribution in [0.1, 0.15) is 37.8 Å². The first-order valence-electron chi connectivity index (χ1n) is 8.44. The number of benzene rings is 2. The molecule has 3 nitrogen and oxygen atoms in total. The maximum Gasteiger partial charge on any atom is 0.321 e. The predicted molar refractivity (Wildman–Crippen MR) is 98.8 cm³/mol. The van der Waals surface area contributed by atoms with Gasteiger partial charge in [-0.2, -0.15) is 0 Å². The summed E-state index contributed by atoms with van der Waals surface area (Å²) in [5.74, 6) is -1.59. The van der Waals surface area contributed by atoms with Crippen LogP contribution in [0.15, 0.2) is 42.5 Å². The second-order valence-electron chi connectivity index (χ2n) is 7.04. The molecule has 1 unspecified atom stereocenters. The Hall–Kier alpha value is -2.13. The van der Waals surface area contributed by atoms with Gasteiger partial charge in [-0.15, -0.1) is 0 Å². The summed E-state index contributed by atoms with van der Waals surface area (Å²) >= 11 is 6.56. The van der Waals surface area contributed by atoms with Crippen molar-refractivity contribution in [2.24, 2.45) is 5.41 Å². The van der Waals surface area contributed by atoms with Crippen LogP contribution in [0.25, 0.3) is 11.1 Å². The number of ketones is 1. The zero-order chi connectivity index (χ0) is 18.2. The lowest BCUT2D eigenvalue weighted by atomic mass is 9.75. The fourth-order valence-corrected chi connectivity index (χ4v) is 3.59. The molecule has 0 N–H and O–H groups in total. The summed E-state index contributed by atoms with van der Waals surface area (Å²) in [6, 6.07) is 13.7. The summed E-state index contributed by atoms with van der Waals surface area (Å²) < 4.78 is 5.28. The third kappa shape index (κ3) is 3.21. The second-order valence-corrected chi connectivity index (χ2v) is 7.45. The standard InChI is InChI=1S/C21H21ClO3/c1-4-13-10-15(14-8-6-5-7-9-14)11-16(22)17(13)18-19(23)21(2,3)12-25-20(18)24/h5-11,18H,4,12H2,1-3H3. The Morgan fingerprint density at radius 2 is 1.80 bits per heavy atom. The third-order valence-electron chi connectivity index (χ3n) is 4.73. The highest BCUT2D eigenvalue weighted by Gasteiger charge is 2.46. The fraction of sp³-hybridized carbons (Fsp3) is 0.333. The van der Waals surface area contributed by atoms with Gasteiger partial charge in [-0.05, 0) is 48.6 Å². The molecule has 0 aliphatic carbocycles. The smallest absolute Gasteiger partial charge is 0.321 e. The largest absolute Gasteiger partial charge is 0.464 e. The van der Waals surface area contributed by atoms with Gasteiger partial charge in [-0.25, -0.2) is 0 Å². The van der Waals surface area contributed by atoms with Crippen molar-refractivity contribution >= 4 is 23.4 Å². The summed E-state index contributed by atoms with van der Waals surface area (Å²) in [5, 5.41) is 0.436. The molecule has 1 heterocycles. The molecular formula is C21H21ClO3. The predicted octanol–water partition coefficient (Wildman–Crippen LogP) is 4.81. The zero-order valence-corrected chi connectivity index (χ0v) is 15.4. The number of hydrogen-bond donors (Lipinski definition) is 0. The lowest BCUT2D eigenvalue weighted by Crippen LogP contribution is -2.44. The van der Waals surface area contributed by atoms with Crippen molar-refractivity contribution in [3.8, 4) is 11.1 Å². The van der Waals surface area contributed by atoms with E-state index in [4.69, 9.17) is 16.3 Å². The van der Waals surface area contributed by atoms with Crippen molar-refractivity contribution in [3.05, 3.63) is 58.6 Å². The highest BCUT2D eigenvalue weighted by atomic mass is 35.5. The maximum atomic E-state index is 12.9. The van der Waals surface area contributed by atoms with E-state index < -0.39 is 17.3 Å². The monoisotopic (exact) mass is 356 g/mol. The highest BCUT2D eigenvalue weighted by molar-refractivity contribution is 6.32. The molecule has 0 amide bonds. The van der Waals surface area contributed by atoms with E-state index in [1.807, 2.05) is 49.4 Å². The molecule has 130 valence electrons. The van der Waals surface area contributed by atoms with Crippen LogP contribution >= 0.6 is 11.6 Å². The van der Waals surface area contributed by atoms with E-state index in [9.17, 15) is 9.59 Å². The summed E-state index contributed by atoms with van der Waals surface area (Å²) in [4.78, 5) is 25.2. The van der Waals surface area contributed by atoms with Gasteiger partial charge < -0.3 is 4.74 Å². The van der Waals surface area contributed by atoms with Gasteiger partial charge in [0.05, 0.1) is 5.41 Å². The van der Waals surface area contributed by atoms with Crippen LogP contribution in [-0.2, 0) is 20.7 Å². The van der Waals surface area contributed by atoms with E-state index in [1.54, 1.807) is 13.8 Å². The van der Waals surface area contributed by atoms with Crippen molar-refractivity contribution in [2.75, 3.05) is 6.61 Å². The fourth-order valence-electron chi connectivity index (χ4n) is 3.24. The van der Waals surface area contributed by atoms with E-state index >= 15 is 0 Å². The van der Waals surface area contributed by atoms with Crippen LogP contribution in [0.4, 0.5) is 0 Å². The number of halogens is 1. The van der Waals surface area contributed by atoms with E-state index in [-0.39, 0.29) is 12.4 Å². The lowest BCUT2D eigenvalue weighted by Gasteiger charge is -2.33. The molecule has 1 saturated heterocycles. The number of hydrogen-bond acceptors (Lipinski definition) is 3. The molecule has 1 aliphatic heterocycles. The minimum absolute atomic E-state index is 0.113. The highest BCUT2D eigenvalue weighted by Crippen LogP contribution is 2.40. The Labute approximate surface area is 153 Å². The second kappa shape index (κ2) is 6.64. The number of rotatable bonds is 3. The van der Waals surface area contributed by atoms with Crippen LogP contribution in [0.3, 0.4) is 0 Å².